The summed E-state index contributed by atoms with van der Waals surface area (Å²) in [5.74, 6) is -0.900. The van der Waals surface area contributed by atoms with Gasteiger partial charge in [-0.3, -0.25) is 0 Å². The highest BCUT2D eigenvalue weighted by Gasteiger charge is 2.12. The molecule has 3 aromatic rings. The van der Waals surface area contributed by atoms with Crippen LogP contribution in [-0.4, -0.2) is 16.1 Å². The van der Waals surface area contributed by atoms with Crippen molar-refractivity contribution in [3.63, 3.8) is 0 Å². The highest BCUT2D eigenvalue weighted by molar-refractivity contribution is 7.15. The fraction of sp³-hybridized carbons (Fsp3) is 0.125. The van der Waals surface area contributed by atoms with Crippen LogP contribution in [0.15, 0.2) is 35.0 Å². The van der Waals surface area contributed by atoms with Gasteiger partial charge in [0, 0.05) is 16.3 Å². The molecule has 3 rings (SSSR count). The molecule has 0 spiro atoms. The first-order chi connectivity index (χ1) is 10.0. The lowest BCUT2D eigenvalue weighted by Gasteiger charge is -2.03. The van der Waals surface area contributed by atoms with Crippen molar-refractivity contribution in [2.75, 3.05) is 0 Å². The predicted octanol–water partition coefficient (Wildman–Crippen LogP) is 4.85. The Kier molecular flexibility index (Phi) is 3.61. The molecule has 0 amide bonds. The monoisotopic (exact) mass is 315 g/mol. The lowest BCUT2D eigenvalue weighted by molar-refractivity contribution is 0.0697. The first kappa shape index (κ1) is 14.0. The number of aromatic nitrogens is 1. The molecule has 0 aliphatic rings. The van der Waals surface area contributed by atoms with Gasteiger partial charge in [0.25, 0.3) is 0 Å². The standard InChI is InChI=1S/C16H13NO2S2/c1-9-3-4-10(2)12(5-9)15-17-13(8-21-15)14-6-11(7-20-14)16(18)19/h3-8H,1-2H3,(H,18,19). The molecule has 0 saturated heterocycles. The fourth-order valence-electron chi connectivity index (χ4n) is 2.06. The Morgan fingerprint density at radius 1 is 1.14 bits per heavy atom. The van der Waals surface area contributed by atoms with Crippen LogP contribution in [0.5, 0.6) is 0 Å². The van der Waals surface area contributed by atoms with Gasteiger partial charge in [0.1, 0.15) is 5.01 Å². The number of carboxylic acids is 1. The van der Waals surface area contributed by atoms with E-state index in [4.69, 9.17) is 5.11 Å². The summed E-state index contributed by atoms with van der Waals surface area (Å²) in [4.78, 5) is 16.5. The summed E-state index contributed by atoms with van der Waals surface area (Å²) in [6.07, 6.45) is 0. The summed E-state index contributed by atoms with van der Waals surface area (Å²) in [5.41, 5.74) is 4.70. The number of carboxylic acid groups (broad SMARTS) is 1. The first-order valence-electron chi connectivity index (χ1n) is 6.40. The number of thiophene rings is 1. The molecule has 2 aromatic heterocycles. The summed E-state index contributed by atoms with van der Waals surface area (Å²) in [6, 6.07) is 8.00. The quantitative estimate of drug-likeness (QED) is 0.751. The molecule has 0 aliphatic carbocycles. The number of carbonyl (C=O) groups is 1. The molecule has 1 N–H and O–H groups in total. The van der Waals surface area contributed by atoms with Gasteiger partial charge in [0.15, 0.2) is 0 Å². The summed E-state index contributed by atoms with van der Waals surface area (Å²) in [7, 11) is 0. The topological polar surface area (TPSA) is 50.2 Å². The van der Waals surface area contributed by atoms with Gasteiger partial charge in [0.2, 0.25) is 0 Å². The van der Waals surface area contributed by atoms with Crippen molar-refractivity contribution in [2.24, 2.45) is 0 Å². The van der Waals surface area contributed by atoms with Crippen molar-refractivity contribution in [3.8, 4) is 21.1 Å². The number of hydrogen-bond donors (Lipinski definition) is 1. The van der Waals surface area contributed by atoms with Crippen LogP contribution < -0.4 is 0 Å². The molecule has 2 heterocycles. The van der Waals surface area contributed by atoms with E-state index in [0.29, 0.717) is 5.56 Å². The van der Waals surface area contributed by atoms with E-state index in [9.17, 15) is 4.79 Å². The molecule has 106 valence electrons. The van der Waals surface area contributed by atoms with Crippen molar-refractivity contribution in [3.05, 3.63) is 51.7 Å². The zero-order valence-corrected chi connectivity index (χ0v) is 13.2. The van der Waals surface area contributed by atoms with Gasteiger partial charge in [-0.25, -0.2) is 9.78 Å². The Balaban J connectivity index is 1.99. The third kappa shape index (κ3) is 2.75. The largest absolute Gasteiger partial charge is 0.478 e. The van der Waals surface area contributed by atoms with E-state index in [2.05, 4.69) is 37.0 Å². The molecule has 0 radical (unpaired) electrons. The van der Waals surface area contributed by atoms with E-state index in [-0.39, 0.29) is 0 Å². The maximum Gasteiger partial charge on any atom is 0.336 e. The Morgan fingerprint density at radius 3 is 2.67 bits per heavy atom. The van der Waals surface area contributed by atoms with Gasteiger partial charge in [-0.05, 0) is 31.5 Å². The van der Waals surface area contributed by atoms with E-state index >= 15 is 0 Å². The Bertz CT molecular complexity index is 817. The van der Waals surface area contributed by atoms with Crippen LogP contribution in [0.4, 0.5) is 0 Å². The minimum Gasteiger partial charge on any atom is -0.478 e. The highest BCUT2D eigenvalue weighted by Crippen LogP contribution is 2.33. The van der Waals surface area contributed by atoms with Gasteiger partial charge in [-0.2, -0.15) is 0 Å². The molecular weight excluding hydrogens is 302 g/mol. The van der Waals surface area contributed by atoms with Crippen LogP contribution in [0.2, 0.25) is 0 Å². The summed E-state index contributed by atoms with van der Waals surface area (Å²) < 4.78 is 0. The number of rotatable bonds is 3. The molecule has 0 saturated carbocycles. The van der Waals surface area contributed by atoms with E-state index in [1.54, 1.807) is 22.8 Å². The molecule has 3 nitrogen and oxygen atoms in total. The fourth-order valence-corrected chi connectivity index (χ4v) is 3.88. The van der Waals surface area contributed by atoms with Crippen LogP contribution in [-0.2, 0) is 0 Å². The maximum absolute atomic E-state index is 10.9. The Hall–Kier alpha value is -1.98. The van der Waals surface area contributed by atoms with Gasteiger partial charge in [0.05, 0.1) is 16.1 Å². The van der Waals surface area contributed by atoms with E-state index in [1.807, 2.05) is 5.38 Å². The number of thiazole rings is 1. The third-order valence-corrected chi connectivity index (χ3v) is 5.05. The van der Waals surface area contributed by atoms with Crippen molar-refractivity contribution < 1.29 is 9.90 Å². The number of aryl methyl sites for hydroxylation is 2. The SMILES string of the molecule is Cc1ccc(C)c(-c2nc(-c3cc(C(=O)O)cs3)cs2)c1. The molecule has 0 fully saturated rings. The second-order valence-corrected chi connectivity index (χ2v) is 6.63. The second kappa shape index (κ2) is 5.42. The highest BCUT2D eigenvalue weighted by atomic mass is 32.1. The van der Waals surface area contributed by atoms with Crippen LogP contribution in [0.1, 0.15) is 21.5 Å². The molecule has 5 heteroatoms. The predicted molar refractivity (Wildman–Crippen MR) is 87.3 cm³/mol. The lowest BCUT2D eigenvalue weighted by Crippen LogP contribution is -1.91. The zero-order valence-electron chi connectivity index (χ0n) is 11.6. The van der Waals surface area contributed by atoms with Crippen molar-refractivity contribution in [2.45, 2.75) is 13.8 Å². The summed E-state index contributed by atoms with van der Waals surface area (Å²) in [6.45, 7) is 4.14. The Morgan fingerprint density at radius 2 is 1.95 bits per heavy atom. The third-order valence-electron chi connectivity index (χ3n) is 3.23. The lowest BCUT2D eigenvalue weighted by atomic mass is 10.1. The second-order valence-electron chi connectivity index (χ2n) is 4.86. The number of nitrogens with zero attached hydrogens (tertiary/aromatic N) is 1. The molecular formula is C16H13NO2S2. The minimum atomic E-state index is -0.900. The van der Waals surface area contributed by atoms with Gasteiger partial charge in [-0.1, -0.05) is 17.7 Å². The van der Waals surface area contributed by atoms with E-state index in [1.165, 1.54) is 22.5 Å². The number of benzene rings is 1. The maximum atomic E-state index is 10.9. The molecule has 0 aliphatic heterocycles. The molecule has 1 aromatic carbocycles. The van der Waals surface area contributed by atoms with Crippen molar-refractivity contribution >= 4 is 28.6 Å². The van der Waals surface area contributed by atoms with Crippen molar-refractivity contribution in [1.29, 1.82) is 0 Å². The normalized spacial score (nSPS) is 10.8. The smallest absolute Gasteiger partial charge is 0.336 e. The minimum absolute atomic E-state index is 0.316. The average Bonchev–Trinajstić information content (AvgIpc) is 3.09. The van der Waals surface area contributed by atoms with Gasteiger partial charge in [-0.15, -0.1) is 22.7 Å². The van der Waals surface area contributed by atoms with Crippen LogP contribution in [0.25, 0.3) is 21.1 Å². The molecule has 21 heavy (non-hydrogen) atoms. The number of aromatic carboxylic acids is 1. The van der Waals surface area contributed by atoms with Crippen LogP contribution in [0, 0.1) is 13.8 Å². The van der Waals surface area contributed by atoms with Gasteiger partial charge >= 0.3 is 5.97 Å². The van der Waals surface area contributed by atoms with Crippen molar-refractivity contribution in [1.82, 2.24) is 4.98 Å². The number of hydrogen-bond acceptors (Lipinski definition) is 4. The zero-order chi connectivity index (χ0) is 15.0. The first-order valence-corrected chi connectivity index (χ1v) is 8.16. The summed E-state index contributed by atoms with van der Waals surface area (Å²) in [5, 5.41) is 13.6. The van der Waals surface area contributed by atoms with E-state index < -0.39 is 5.97 Å². The average molecular weight is 315 g/mol. The van der Waals surface area contributed by atoms with Crippen LogP contribution in [0.3, 0.4) is 0 Å². The Labute approximate surface area is 130 Å². The van der Waals surface area contributed by atoms with E-state index in [0.717, 1.165) is 21.1 Å². The molecule has 0 unspecified atom stereocenters. The summed E-state index contributed by atoms with van der Waals surface area (Å²) >= 11 is 3.00. The van der Waals surface area contributed by atoms with Gasteiger partial charge < -0.3 is 5.11 Å². The molecule has 0 bridgehead atoms. The van der Waals surface area contributed by atoms with Crippen LogP contribution >= 0.6 is 22.7 Å². The molecule has 0 atom stereocenters.